The molecule has 1 fully saturated rings. The van der Waals surface area contributed by atoms with E-state index in [-0.39, 0.29) is 18.8 Å². The highest BCUT2D eigenvalue weighted by atomic mass is 16.6. The van der Waals surface area contributed by atoms with Gasteiger partial charge in [0.15, 0.2) is 24.2 Å². The normalized spacial score (nSPS) is 24.5. The van der Waals surface area contributed by atoms with Crippen molar-refractivity contribution in [2.45, 2.75) is 156 Å². The first-order valence-corrected chi connectivity index (χ1v) is 23.9. The van der Waals surface area contributed by atoms with Crippen molar-refractivity contribution in [2.24, 2.45) is 17.8 Å². The highest BCUT2D eigenvalue weighted by Gasteiger charge is 2.47. The predicted molar refractivity (Wildman–Crippen MR) is 262 cm³/mol. The minimum atomic E-state index is -1.82. The standard InChI is InChI=1S/C50H77N7O15/c1-18-35(59)53-37(40(69-17)25(2)3)49(66)71-41(26(4)5)36-47(64)57(15)39(31(11)68-16)50(67)72-42(27(6)7)38(52-32(12)58)48(65)70-34(24-33-22-20-19-21-23-33)46(63)56(14)29(9)43(60)51-28(8)45(62)55(13)30(10)44(61)54-36/h19-23,25-28,30-31,34,36-42H,9,18,24H2,1-8,10-17H3,(H,51,60)(H,52,58)(H,53,59)(H,54,61)/t28-,30-,31+,34+,36-,37-,38-,39-,40+,41+,42+/m0/s1. The van der Waals surface area contributed by atoms with Gasteiger partial charge in [-0.3, -0.25) is 33.6 Å². The van der Waals surface area contributed by atoms with E-state index in [2.05, 4.69) is 27.8 Å². The summed E-state index contributed by atoms with van der Waals surface area (Å²) in [4.78, 5) is 143. The molecule has 0 saturated carbocycles. The number of amides is 7. The Hall–Kier alpha value is -6.42. The molecule has 11 atom stereocenters. The molecule has 1 aliphatic heterocycles. The van der Waals surface area contributed by atoms with Crippen LogP contribution in [0.4, 0.5) is 0 Å². The van der Waals surface area contributed by atoms with Gasteiger partial charge in [0.25, 0.3) is 11.8 Å². The number of likely N-dealkylation sites (N-methyl/N-ethyl adjacent to an activating group) is 3. The van der Waals surface area contributed by atoms with Gasteiger partial charge in [-0.25, -0.2) is 14.4 Å². The van der Waals surface area contributed by atoms with Crippen LogP contribution in [0.25, 0.3) is 0 Å². The van der Waals surface area contributed by atoms with Crippen molar-refractivity contribution in [3.8, 4) is 0 Å². The molecule has 22 nitrogen and oxygen atoms in total. The number of esters is 3. The van der Waals surface area contributed by atoms with E-state index in [1.54, 1.807) is 78.8 Å². The lowest BCUT2D eigenvalue weighted by atomic mass is 9.95. The average molecular weight is 1020 g/mol. The Morgan fingerprint density at radius 2 is 1.39 bits per heavy atom. The second kappa shape index (κ2) is 28.0. The van der Waals surface area contributed by atoms with E-state index in [4.69, 9.17) is 23.7 Å². The molecule has 0 aromatic heterocycles. The van der Waals surface area contributed by atoms with Gasteiger partial charge < -0.3 is 59.7 Å². The summed E-state index contributed by atoms with van der Waals surface area (Å²) in [6.07, 6.45) is -7.05. The molecule has 1 aliphatic rings. The lowest BCUT2D eigenvalue weighted by molar-refractivity contribution is -0.177. The highest BCUT2D eigenvalue weighted by Crippen LogP contribution is 2.24. The first-order chi connectivity index (χ1) is 33.6. The Balaban J connectivity index is 2.99. The molecule has 2 rings (SSSR count). The van der Waals surface area contributed by atoms with Crippen LogP contribution in [0.3, 0.4) is 0 Å². The van der Waals surface area contributed by atoms with Gasteiger partial charge in [0.1, 0.15) is 36.0 Å². The summed E-state index contributed by atoms with van der Waals surface area (Å²) >= 11 is 0. The molecule has 0 aliphatic carbocycles. The lowest BCUT2D eigenvalue weighted by Gasteiger charge is -2.39. The minimum absolute atomic E-state index is 0.000141. The number of benzene rings is 1. The van der Waals surface area contributed by atoms with Crippen molar-refractivity contribution in [3.05, 3.63) is 48.2 Å². The van der Waals surface area contributed by atoms with Crippen LogP contribution in [0.5, 0.6) is 0 Å². The molecule has 1 aromatic rings. The van der Waals surface area contributed by atoms with Crippen LogP contribution >= 0.6 is 0 Å². The first kappa shape index (κ1) is 61.7. The number of ether oxygens (including phenoxy) is 5. The highest BCUT2D eigenvalue weighted by molar-refractivity contribution is 6.01. The zero-order chi connectivity index (χ0) is 55.1. The van der Waals surface area contributed by atoms with Gasteiger partial charge in [-0.05, 0) is 44.1 Å². The number of hydrogen-bond donors (Lipinski definition) is 4. The minimum Gasteiger partial charge on any atom is -0.458 e. The van der Waals surface area contributed by atoms with Crippen molar-refractivity contribution in [1.29, 1.82) is 0 Å². The monoisotopic (exact) mass is 1020 g/mol. The number of carbonyl (C=O) groups is 10. The summed E-state index contributed by atoms with van der Waals surface area (Å²) < 4.78 is 29.2. The summed E-state index contributed by atoms with van der Waals surface area (Å²) in [6, 6.07) is -0.942. The van der Waals surface area contributed by atoms with Crippen LogP contribution < -0.4 is 21.3 Å². The topological polar surface area (TPSA) is 275 Å². The van der Waals surface area contributed by atoms with Crippen molar-refractivity contribution in [1.82, 2.24) is 36.0 Å². The number of rotatable bonds is 15. The quantitative estimate of drug-likeness (QED) is 0.109. The molecule has 22 heteroatoms. The van der Waals surface area contributed by atoms with E-state index in [1.807, 2.05) is 0 Å². The van der Waals surface area contributed by atoms with Gasteiger partial charge >= 0.3 is 17.9 Å². The van der Waals surface area contributed by atoms with Crippen LogP contribution in [0.15, 0.2) is 42.6 Å². The first-order valence-electron chi connectivity index (χ1n) is 23.9. The summed E-state index contributed by atoms with van der Waals surface area (Å²) in [7, 11) is 6.30. The molecule has 0 bridgehead atoms. The number of cyclic esters (lactones) is 2. The largest absolute Gasteiger partial charge is 0.458 e. The van der Waals surface area contributed by atoms with Crippen molar-refractivity contribution < 1.29 is 71.6 Å². The lowest BCUT2D eigenvalue weighted by Crippen LogP contribution is -2.64. The van der Waals surface area contributed by atoms with E-state index in [1.165, 1.54) is 56.1 Å². The zero-order valence-corrected chi connectivity index (χ0v) is 44.6. The van der Waals surface area contributed by atoms with Crippen LogP contribution in [-0.4, -0.2) is 176 Å². The summed E-state index contributed by atoms with van der Waals surface area (Å²) in [5.41, 5.74) is 0.0723. The Labute approximate surface area is 422 Å². The van der Waals surface area contributed by atoms with E-state index in [0.717, 1.165) is 21.6 Å². The third-order valence-corrected chi connectivity index (χ3v) is 12.4. The molecule has 72 heavy (non-hydrogen) atoms. The van der Waals surface area contributed by atoms with Gasteiger partial charge in [0, 0.05) is 55.1 Å². The second-order valence-corrected chi connectivity index (χ2v) is 18.9. The van der Waals surface area contributed by atoms with E-state index in [9.17, 15) is 43.2 Å². The molecule has 1 aromatic carbocycles. The Morgan fingerprint density at radius 3 is 1.89 bits per heavy atom. The van der Waals surface area contributed by atoms with E-state index in [0.29, 0.717) is 5.56 Å². The van der Waals surface area contributed by atoms with Crippen molar-refractivity contribution in [2.75, 3.05) is 35.4 Å². The molecule has 0 spiro atoms. The summed E-state index contributed by atoms with van der Waals surface area (Å²) in [5, 5.41) is 10.2. The molecule has 1 saturated heterocycles. The van der Waals surface area contributed by atoms with Gasteiger partial charge in [-0.2, -0.15) is 0 Å². The van der Waals surface area contributed by atoms with Gasteiger partial charge in [0.05, 0.1) is 12.2 Å². The molecular weight excluding hydrogens is 939 g/mol. The maximum absolute atomic E-state index is 15.2. The Kier molecular flexibility index (Phi) is 24.0. The molecule has 0 radical (unpaired) electrons. The zero-order valence-electron chi connectivity index (χ0n) is 44.6. The molecule has 4 N–H and O–H groups in total. The number of nitrogens with one attached hydrogen (secondary N) is 4. The van der Waals surface area contributed by atoms with Crippen LogP contribution in [0.1, 0.15) is 88.1 Å². The Bertz CT molecular complexity index is 2120. The number of carbonyl (C=O) groups excluding carboxylic acids is 10. The smallest absolute Gasteiger partial charge is 0.333 e. The fourth-order valence-electron chi connectivity index (χ4n) is 7.87. The van der Waals surface area contributed by atoms with Gasteiger partial charge in [-0.1, -0.05) is 85.4 Å². The average Bonchev–Trinajstić information content (AvgIpc) is 3.33. The number of hydrogen-bond acceptors (Lipinski definition) is 15. The third kappa shape index (κ3) is 16.3. The fourth-order valence-corrected chi connectivity index (χ4v) is 7.87. The van der Waals surface area contributed by atoms with E-state index >= 15 is 4.79 Å². The van der Waals surface area contributed by atoms with Crippen molar-refractivity contribution >= 4 is 59.3 Å². The molecule has 402 valence electrons. The maximum Gasteiger partial charge on any atom is 0.333 e. The predicted octanol–water partition coefficient (Wildman–Crippen LogP) is 1.03. The summed E-state index contributed by atoms with van der Waals surface area (Å²) in [6.45, 7) is 20.4. The van der Waals surface area contributed by atoms with E-state index < -0.39 is 144 Å². The van der Waals surface area contributed by atoms with Crippen LogP contribution in [0, 0.1) is 17.8 Å². The van der Waals surface area contributed by atoms with Crippen LogP contribution in [-0.2, 0) is 78.1 Å². The van der Waals surface area contributed by atoms with Crippen molar-refractivity contribution in [3.63, 3.8) is 0 Å². The number of methoxy groups -OCH3 is 2. The van der Waals surface area contributed by atoms with Gasteiger partial charge in [0.2, 0.25) is 29.5 Å². The van der Waals surface area contributed by atoms with Crippen LogP contribution in [0.2, 0.25) is 0 Å². The number of nitrogens with zero attached hydrogens (tertiary/aromatic N) is 3. The van der Waals surface area contributed by atoms with Gasteiger partial charge in [-0.15, -0.1) is 0 Å². The second-order valence-electron chi connectivity index (χ2n) is 18.9. The maximum atomic E-state index is 15.2. The molecule has 7 amide bonds. The molecule has 0 unspecified atom stereocenters. The fraction of sp³-hybridized carbons (Fsp3) is 0.640. The molecule has 1 heterocycles. The third-order valence-electron chi connectivity index (χ3n) is 12.4. The molecular formula is C50H77N7O15. The Morgan fingerprint density at radius 1 is 0.792 bits per heavy atom. The summed E-state index contributed by atoms with van der Waals surface area (Å²) in [5.74, 6) is -11.2. The SMILES string of the molecule is C=C1C(=O)N[C@@H](C)C(=O)N(C)[C@@H](C)C(=O)N[C@@H]([C@H](OC(=O)[C@@H](NC(=O)CC)[C@H](OC)C(C)C)C(C)C)C(=O)N(C)[C@@H]([C@@H](C)OC)C(=O)O[C@H](C(C)C)[C@H](NC(C)=O)C(=O)O[C@H](Cc2ccccc2)C(=O)N1C.